The van der Waals surface area contributed by atoms with Crippen LogP contribution in [-0.4, -0.2) is 29.7 Å². The standard InChI is InChI=1S/C16H14ClF3N2O2/c1-11(24-13-6-4-5-12(17)9-13)15(23)22(10-16(18,19)20)14-7-2-3-8-21-14/h2-9,11H,10H2,1H3/t11-/m0/s1. The van der Waals surface area contributed by atoms with Crippen molar-refractivity contribution in [3.05, 3.63) is 53.7 Å². The summed E-state index contributed by atoms with van der Waals surface area (Å²) in [5, 5.41) is 0.393. The molecule has 0 saturated heterocycles. The summed E-state index contributed by atoms with van der Waals surface area (Å²) in [4.78, 5) is 16.8. The first-order valence-electron chi connectivity index (χ1n) is 6.97. The number of alkyl halides is 3. The number of aromatic nitrogens is 1. The van der Waals surface area contributed by atoms with Crippen molar-refractivity contribution in [1.82, 2.24) is 4.98 Å². The molecule has 8 heteroatoms. The van der Waals surface area contributed by atoms with Crippen LogP contribution >= 0.6 is 11.6 Å². The van der Waals surface area contributed by atoms with Gasteiger partial charge in [-0.3, -0.25) is 9.69 Å². The summed E-state index contributed by atoms with van der Waals surface area (Å²) in [7, 11) is 0. The third-order valence-electron chi connectivity index (χ3n) is 2.99. The SMILES string of the molecule is C[C@H](Oc1cccc(Cl)c1)C(=O)N(CC(F)(F)F)c1ccccn1. The van der Waals surface area contributed by atoms with Gasteiger partial charge in [-0.2, -0.15) is 13.2 Å². The fraction of sp³-hybridized carbons (Fsp3) is 0.250. The Morgan fingerprint density at radius 1 is 1.29 bits per heavy atom. The average molecular weight is 359 g/mol. The van der Waals surface area contributed by atoms with Crippen LogP contribution in [0.25, 0.3) is 0 Å². The predicted molar refractivity (Wildman–Crippen MR) is 84.2 cm³/mol. The van der Waals surface area contributed by atoms with Gasteiger partial charge in [0.05, 0.1) is 0 Å². The van der Waals surface area contributed by atoms with Crippen molar-refractivity contribution in [3.8, 4) is 5.75 Å². The zero-order chi connectivity index (χ0) is 17.7. The van der Waals surface area contributed by atoms with E-state index < -0.39 is 24.7 Å². The maximum atomic E-state index is 12.8. The third kappa shape index (κ3) is 5.13. The maximum absolute atomic E-state index is 12.8. The summed E-state index contributed by atoms with van der Waals surface area (Å²) in [6.45, 7) is -0.0817. The Morgan fingerprint density at radius 2 is 2.04 bits per heavy atom. The van der Waals surface area contributed by atoms with Crippen molar-refractivity contribution >= 4 is 23.3 Å². The van der Waals surface area contributed by atoms with Crippen LogP contribution in [0.15, 0.2) is 48.7 Å². The van der Waals surface area contributed by atoms with E-state index in [2.05, 4.69) is 4.98 Å². The van der Waals surface area contributed by atoms with Gasteiger partial charge in [0.25, 0.3) is 5.91 Å². The molecule has 1 amide bonds. The molecule has 1 heterocycles. The van der Waals surface area contributed by atoms with E-state index >= 15 is 0 Å². The number of ether oxygens (including phenoxy) is 1. The minimum Gasteiger partial charge on any atom is -0.481 e. The summed E-state index contributed by atoms with van der Waals surface area (Å²) in [6, 6.07) is 10.6. The van der Waals surface area contributed by atoms with Crippen LogP contribution in [-0.2, 0) is 4.79 Å². The molecule has 1 aromatic heterocycles. The number of hydrogen-bond donors (Lipinski definition) is 0. The quantitative estimate of drug-likeness (QED) is 0.808. The molecule has 0 unspecified atom stereocenters. The summed E-state index contributed by atoms with van der Waals surface area (Å²) >= 11 is 5.82. The maximum Gasteiger partial charge on any atom is 0.406 e. The zero-order valence-electron chi connectivity index (χ0n) is 12.6. The molecular weight excluding hydrogens is 345 g/mol. The molecule has 0 N–H and O–H groups in total. The predicted octanol–water partition coefficient (Wildman–Crippen LogP) is 4.10. The number of pyridine rings is 1. The average Bonchev–Trinajstić information content (AvgIpc) is 2.52. The van der Waals surface area contributed by atoms with Crippen LogP contribution in [0.3, 0.4) is 0 Å². The van der Waals surface area contributed by atoms with Crippen LogP contribution in [0, 0.1) is 0 Å². The van der Waals surface area contributed by atoms with Crippen molar-refractivity contribution in [2.75, 3.05) is 11.4 Å². The molecule has 0 radical (unpaired) electrons. The van der Waals surface area contributed by atoms with Gasteiger partial charge in [-0.25, -0.2) is 4.98 Å². The van der Waals surface area contributed by atoms with E-state index in [0.717, 1.165) is 0 Å². The van der Waals surface area contributed by atoms with E-state index in [1.165, 1.54) is 31.3 Å². The Morgan fingerprint density at radius 3 is 2.62 bits per heavy atom. The van der Waals surface area contributed by atoms with E-state index in [9.17, 15) is 18.0 Å². The molecule has 0 aliphatic rings. The Hall–Kier alpha value is -2.28. The van der Waals surface area contributed by atoms with E-state index in [-0.39, 0.29) is 11.6 Å². The molecule has 0 saturated carbocycles. The van der Waals surface area contributed by atoms with Crippen LogP contribution in [0.5, 0.6) is 5.75 Å². The number of hydrogen-bond acceptors (Lipinski definition) is 3. The number of nitrogens with zero attached hydrogens (tertiary/aromatic N) is 2. The second kappa shape index (κ2) is 7.53. The topological polar surface area (TPSA) is 42.4 Å². The Balaban J connectivity index is 2.20. The van der Waals surface area contributed by atoms with Crippen molar-refractivity contribution in [1.29, 1.82) is 0 Å². The molecule has 2 rings (SSSR count). The number of benzene rings is 1. The lowest BCUT2D eigenvalue weighted by Crippen LogP contribution is -2.45. The van der Waals surface area contributed by atoms with E-state index in [1.54, 1.807) is 24.3 Å². The summed E-state index contributed by atoms with van der Waals surface area (Å²) < 4.78 is 43.8. The lowest BCUT2D eigenvalue weighted by molar-refractivity contribution is -0.136. The Bertz CT molecular complexity index is 695. The fourth-order valence-electron chi connectivity index (χ4n) is 1.98. The molecule has 0 aliphatic heterocycles. The van der Waals surface area contributed by atoms with Gasteiger partial charge in [-0.05, 0) is 37.3 Å². The van der Waals surface area contributed by atoms with E-state index in [4.69, 9.17) is 16.3 Å². The van der Waals surface area contributed by atoms with Crippen molar-refractivity contribution in [3.63, 3.8) is 0 Å². The molecule has 2 aromatic rings. The molecule has 0 bridgehead atoms. The summed E-state index contributed by atoms with van der Waals surface area (Å²) in [5.41, 5.74) is 0. The zero-order valence-corrected chi connectivity index (χ0v) is 13.4. The minimum absolute atomic E-state index is 0.0960. The molecule has 24 heavy (non-hydrogen) atoms. The molecule has 1 aromatic carbocycles. The van der Waals surface area contributed by atoms with Crippen LogP contribution in [0.4, 0.5) is 19.0 Å². The van der Waals surface area contributed by atoms with Gasteiger partial charge in [-0.1, -0.05) is 23.7 Å². The Kier molecular flexibility index (Phi) is 5.66. The van der Waals surface area contributed by atoms with Crippen LogP contribution < -0.4 is 9.64 Å². The van der Waals surface area contributed by atoms with Crippen molar-refractivity contribution < 1.29 is 22.7 Å². The second-order valence-corrected chi connectivity index (χ2v) is 5.38. The van der Waals surface area contributed by atoms with Gasteiger partial charge in [0, 0.05) is 11.2 Å². The highest BCUT2D eigenvalue weighted by atomic mass is 35.5. The van der Waals surface area contributed by atoms with Gasteiger partial charge < -0.3 is 4.74 Å². The van der Waals surface area contributed by atoms with Crippen molar-refractivity contribution in [2.45, 2.75) is 19.2 Å². The van der Waals surface area contributed by atoms with Crippen LogP contribution in [0.2, 0.25) is 5.02 Å². The van der Waals surface area contributed by atoms with Gasteiger partial charge in [0.1, 0.15) is 18.1 Å². The normalized spacial score (nSPS) is 12.5. The molecule has 128 valence electrons. The third-order valence-corrected chi connectivity index (χ3v) is 3.22. The fourth-order valence-corrected chi connectivity index (χ4v) is 2.16. The lowest BCUT2D eigenvalue weighted by Gasteiger charge is -2.26. The highest BCUT2D eigenvalue weighted by Gasteiger charge is 2.36. The first-order valence-corrected chi connectivity index (χ1v) is 7.35. The number of carbonyl (C=O) groups excluding carboxylic acids is 1. The van der Waals surface area contributed by atoms with Gasteiger partial charge in [-0.15, -0.1) is 0 Å². The highest BCUT2D eigenvalue weighted by molar-refractivity contribution is 6.30. The summed E-state index contributed by atoms with van der Waals surface area (Å²) in [5.74, 6) is -0.663. The number of anilines is 1. The number of carbonyl (C=O) groups is 1. The highest BCUT2D eigenvalue weighted by Crippen LogP contribution is 2.23. The minimum atomic E-state index is -4.57. The largest absolute Gasteiger partial charge is 0.481 e. The van der Waals surface area contributed by atoms with Gasteiger partial charge in [0.2, 0.25) is 0 Å². The lowest BCUT2D eigenvalue weighted by atomic mass is 10.3. The van der Waals surface area contributed by atoms with Gasteiger partial charge in [0.15, 0.2) is 6.10 Å². The number of amides is 1. The summed E-state index contributed by atoms with van der Waals surface area (Å²) in [6.07, 6.45) is -4.40. The molecule has 0 spiro atoms. The second-order valence-electron chi connectivity index (χ2n) is 4.94. The molecule has 0 fully saturated rings. The van der Waals surface area contributed by atoms with Crippen molar-refractivity contribution in [2.24, 2.45) is 0 Å². The van der Waals surface area contributed by atoms with E-state index in [0.29, 0.717) is 9.92 Å². The smallest absolute Gasteiger partial charge is 0.406 e. The molecule has 4 nitrogen and oxygen atoms in total. The number of rotatable bonds is 5. The monoisotopic (exact) mass is 358 g/mol. The first kappa shape index (κ1) is 18.1. The van der Waals surface area contributed by atoms with Crippen LogP contribution in [0.1, 0.15) is 6.92 Å². The first-order chi connectivity index (χ1) is 11.3. The molecule has 1 atom stereocenters. The van der Waals surface area contributed by atoms with Gasteiger partial charge >= 0.3 is 6.18 Å². The Labute approximate surface area is 141 Å². The molecular formula is C16H14ClF3N2O2. The molecule has 0 aliphatic carbocycles. The number of halogens is 4. The van der Waals surface area contributed by atoms with E-state index in [1.807, 2.05) is 0 Å².